The van der Waals surface area contributed by atoms with Crippen molar-refractivity contribution in [2.75, 3.05) is 19.0 Å². The standard InChI is InChI=1S/C25H28N8/c1-15(2)22-18-12-16(6-7-20(18)31-33(22)5)19-9-11-27-24(30-19)25(26)10-8-17-21(13-25)28-14-29-23(17)32(3)4/h6-9,11-15H,10,26H2,1-5H3. The Morgan fingerprint density at radius 2 is 1.94 bits per heavy atom. The third-order valence-corrected chi connectivity index (χ3v) is 6.15. The van der Waals surface area contributed by atoms with Crippen molar-refractivity contribution in [1.82, 2.24) is 29.7 Å². The predicted molar refractivity (Wildman–Crippen MR) is 131 cm³/mol. The Kier molecular flexibility index (Phi) is 4.97. The Labute approximate surface area is 192 Å². The lowest BCUT2D eigenvalue weighted by atomic mass is 9.90. The molecule has 1 unspecified atom stereocenters. The molecule has 0 bridgehead atoms. The fraction of sp³-hybridized carbons (Fsp3) is 0.320. The summed E-state index contributed by atoms with van der Waals surface area (Å²) in [5, 5.41) is 7.59. The molecule has 3 heterocycles. The molecular weight excluding hydrogens is 412 g/mol. The molecular formula is C25H28N8. The van der Waals surface area contributed by atoms with Gasteiger partial charge < -0.3 is 10.6 Å². The molecule has 0 aliphatic heterocycles. The second-order valence-electron chi connectivity index (χ2n) is 9.14. The zero-order chi connectivity index (χ0) is 23.3. The lowest BCUT2D eigenvalue weighted by Crippen LogP contribution is -2.46. The number of hydrogen-bond donors (Lipinski definition) is 1. The van der Waals surface area contributed by atoms with Gasteiger partial charge >= 0.3 is 0 Å². The Balaban J connectivity index is 1.59. The maximum absolute atomic E-state index is 6.83. The molecule has 8 nitrogen and oxygen atoms in total. The van der Waals surface area contributed by atoms with Crippen LogP contribution in [0.15, 0.2) is 36.8 Å². The third-order valence-electron chi connectivity index (χ3n) is 6.15. The molecule has 4 aromatic rings. The van der Waals surface area contributed by atoms with Gasteiger partial charge in [-0.3, -0.25) is 4.68 Å². The van der Waals surface area contributed by atoms with Crippen molar-refractivity contribution < 1.29 is 0 Å². The van der Waals surface area contributed by atoms with Crippen LogP contribution in [0.25, 0.3) is 34.3 Å². The number of nitrogens with zero attached hydrogens (tertiary/aromatic N) is 7. The van der Waals surface area contributed by atoms with Crippen LogP contribution >= 0.6 is 0 Å². The van der Waals surface area contributed by atoms with Crippen LogP contribution in [-0.4, -0.2) is 43.8 Å². The number of benzene rings is 1. The highest BCUT2D eigenvalue weighted by Crippen LogP contribution is 2.30. The first-order valence-corrected chi connectivity index (χ1v) is 11.1. The van der Waals surface area contributed by atoms with E-state index in [2.05, 4.69) is 52.1 Å². The molecule has 1 aliphatic carbocycles. The molecule has 3 aromatic heterocycles. The lowest BCUT2D eigenvalue weighted by molar-refractivity contribution is 0.569. The van der Waals surface area contributed by atoms with Crippen LogP contribution in [0.4, 0.5) is 5.82 Å². The van der Waals surface area contributed by atoms with E-state index in [1.807, 2.05) is 48.9 Å². The van der Waals surface area contributed by atoms with Gasteiger partial charge in [0, 0.05) is 49.2 Å². The van der Waals surface area contributed by atoms with E-state index in [9.17, 15) is 0 Å². The summed E-state index contributed by atoms with van der Waals surface area (Å²) in [6, 6.07) is 8.19. The van der Waals surface area contributed by atoms with Gasteiger partial charge in [-0.1, -0.05) is 26.0 Å². The Hall–Kier alpha value is -3.65. The fourth-order valence-corrected chi connectivity index (χ4v) is 4.60. The van der Waals surface area contributed by atoms with E-state index < -0.39 is 5.54 Å². The van der Waals surface area contributed by atoms with Crippen molar-refractivity contribution in [1.29, 1.82) is 0 Å². The quantitative estimate of drug-likeness (QED) is 0.517. The number of aromatic nitrogens is 6. The number of anilines is 1. The summed E-state index contributed by atoms with van der Waals surface area (Å²) in [6.07, 6.45) is 7.94. The summed E-state index contributed by atoms with van der Waals surface area (Å²) in [5.74, 6) is 1.81. The number of fused-ring (bicyclic) bond motifs is 2. The lowest BCUT2D eigenvalue weighted by Gasteiger charge is -2.26. The van der Waals surface area contributed by atoms with Crippen molar-refractivity contribution in [3.8, 4) is 11.3 Å². The van der Waals surface area contributed by atoms with E-state index in [-0.39, 0.29) is 0 Å². The van der Waals surface area contributed by atoms with Crippen LogP contribution in [0, 0.1) is 0 Å². The van der Waals surface area contributed by atoms with Crippen LogP contribution in [-0.2, 0) is 12.6 Å². The fourth-order valence-electron chi connectivity index (χ4n) is 4.60. The van der Waals surface area contributed by atoms with Gasteiger partial charge in [-0.2, -0.15) is 5.10 Å². The molecule has 168 valence electrons. The van der Waals surface area contributed by atoms with E-state index in [0.717, 1.165) is 38.5 Å². The minimum absolute atomic E-state index is 0.366. The molecule has 0 fully saturated rings. The average Bonchev–Trinajstić information content (AvgIpc) is 3.13. The highest BCUT2D eigenvalue weighted by molar-refractivity contribution is 5.86. The van der Waals surface area contributed by atoms with Crippen molar-refractivity contribution in [3.05, 3.63) is 58.9 Å². The van der Waals surface area contributed by atoms with Gasteiger partial charge in [-0.15, -0.1) is 0 Å². The van der Waals surface area contributed by atoms with Gasteiger partial charge in [0.2, 0.25) is 0 Å². The first kappa shape index (κ1) is 21.2. The number of aryl methyl sites for hydroxylation is 1. The van der Waals surface area contributed by atoms with Crippen LogP contribution in [0.1, 0.15) is 37.7 Å². The van der Waals surface area contributed by atoms with E-state index in [1.54, 1.807) is 12.5 Å². The predicted octanol–water partition coefficient (Wildman–Crippen LogP) is 1.83. The van der Waals surface area contributed by atoms with Crippen LogP contribution < -0.4 is 21.2 Å². The van der Waals surface area contributed by atoms with Gasteiger partial charge in [0.15, 0.2) is 5.82 Å². The first-order valence-electron chi connectivity index (χ1n) is 11.1. The van der Waals surface area contributed by atoms with E-state index in [0.29, 0.717) is 18.2 Å². The zero-order valence-electron chi connectivity index (χ0n) is 19.6. The van der Waals surface area contributed by atoms with Gasteiger partial charge in [-0.05, 0) is 36.6 Å². The summed E-state index contributed by atoms with van der Waals surface area (Å²) < 4.78 is 1.97. The Morgan fingerprint density at radius 3 is 2.70 bits per heavy atom. The first-order chi connectivity index (χ1) is 15.8. The SMILES string of the molecule is CC(C)c1c2cc(-c3ccnc(C4(N)C=c5ncnc(N(C)C)c5=CC4)n3)ccc2nn1C. The highest BCUT2D eigenvalue weighted by atomic mass is 15.3. The minimum atomic E-state index is -0.845. The number of nitrogens with two attached hydrogens (primary N) is 1. The number of hydrogen-bond acceptors (Lipinski definition) is 7. The van der Waals surface area contributed by atoms with Crippen molar-refractivity contribution >= 4 is 28.9 Å². The molecule has 1 aliphatic rings. The van der Waals surface area contributed by atoms with Crippen molar-refractivity contribution in [3.63, 3.8) is 0 Å². The molecule has 0 radical (unpaired) electrons. The summed E-state index contributed by atoms with van der Waals surface area (Å²) in [6.45, 7) is 4.37. The van der Waals surface area contributed by atoms with Crippen LogP contribution in [0.5, 0.6) is 0 Å². The Morgan fingerprint density at radius 1 is 1.12 bits per heavy atom. The highest BCUT2D eigenvalue weighted by Gasteiger charge is 2.30. The molecule has 8 heteroatoms. The molecule has 0 amide bonds. The van der Waals surface area contributed by atoms with E-state index in [1.165, 1.54) is 5.69 Å². The normalized spacial score (nSPS) is 17.5. The van der Waals surface area contributed by atoms with Crippen LogP contribution in [0.3, 0.4) is 0 Å². The molecule has 0 spiro atoms. The van der Waals surface area contributed by atoms with Gasteiger partial charge in [0.25, 0.3) is 0 Å². The van der Waals surface area contributed by atoms with E-state index in [4.69, 9.17) is 10.7 Å². The summed E-state index contributed by atoms with van der Waals surface area (Å²) in [5.41, 5.74) is 10.0. The largest absolute Gasteiger partial charge is 0.362 e. The van der Waals surface area contributed by atoms with Gasteiger partial charge in [0.05, 0.1) is 16.6 Å². The minimum Gasteiger partial charge on any atom is -0.362 e. The molecule has 0 saturated carbocycles. The maximum Gasteiger partial charge on any atom is 0.153 e. The summed E-state index contributed by atoms with van der Waals surface area (Å²) in [4.78, 5) is 20.3. The number of rotatable bonds is 4. The van der Waals surface area contributed by atoms with Crippen molar-refractivity contribution in [2.24, 2.45) is 12.8 Å². The van der Waals surface area contributed by atoms with E-state index >= 15 is 0 Å². The van der Waals surface area contributed by atoms with Gasteiger partial charge in [-0.25, -0.2) is 19.9 Å². The second-order valence-corrected chi connectivity index (χ2v) is 9.14. The average molecular weight is 441 g/mol. The van der Waals surface area contributed by atoms with Gasteiger partial charge in [0.1, 0.15) is 17.7 Å². The smallest absolute Gasteiger partial charge is 0.153 e. The monoisotopic (exact) mass is 440 g/mol. The molecule has 1 atom stereocenters. The Bertz CT molecular complexity index is 1480. The topological polar surface area (TPSA) is 98.6 Å². The molecule has 33 heavy (non-hydrogen) atoms. The molecule has 5 rings (SSSR count). The summed E-state index contributed by atoms with van der Waals surface area (Å²) >= 11 is 0. The molecule has 1 aromatic carbocycles. The summed E-state index contributed by atoms with van der Waals surface area (Å²) in [7, 11) is 5.93. The van der Waals surface area contributed by atoms with Crippen molar-refractivity contribution in [2.45, 2.75) is 31.7 Å². The molecule has 0 saturated heterocycles. The third kappa shape index (κ3) is 3.56. The van der Waals surface area contributed by atoms with Crippen LogP contribution in [0.2, 0.25) is 0 Å². The second kappa shape index (κ2) is 7.74. The maximum atomic E-state index is 6.83. The zero-order valence-corrected chi connectivity index (χ0v) is 19.6. The molecule has 2 N–H and O–H groups in total.